The lowest BCUT2D eigenvalue weighted by atomic mass is 10.1. The molecule has 0 spiro atoms. The third kappa shape index (κ3) is 5.04. The number of rotatable bonds is 8. The van der Waals surface area contributed by atoms with Gasteiger partial charge in [0.05, 0.1) is 9.95 Å². The van der Waals surface area contributed by atoms with Crippen LogP contribution in [-0.2, 0) is 11.2 Å². The first-order chi connectivity index (χ1) is 13.9. The molecule has 29 heavy (non-hydrogen) atoms. The van der Waals surface area contributed by atoms with Gasteiger partial charge in [-0.3, -0.25) is 15.2 Å². The Balaban J connectivity index is 1.84. The highest BCUT2D eigenvalue weighted by Gasteiger charge is 2.16. The van der Waals surface area contributed by atoms with E-state index in [0.29, 0.717) is 22.3 Å². The summed E-state index contributed by atoms with van der Waals surface area (Å²) < 4.78 is 5.66. The average Bonchev–Trinajstić information content (AvgIpc) is 3.31. The molecule has 0 atom stereocenters. The second-order valence-corrected chi connectivity index (χ2v) is 7.27. The molecule has 150 valence electrons. The van der Waals surface area contributed by atoms with Crippen LogP contribution in [-0.4, -0.2) is 31.2 Å². The third-order valence-electron chi connectivity index (χ3n) is 3.74. The number of non-ortho nitro benzene ring substituents is 1. The van der Waals surface area contributed by atoms with Gasteiger partial charge in [0, 0.05) is 30.2 Å². The van der Waals surface area contributed by atoms with E-state index in [2.05, 4.69) is 15.2 Å². The lowest BCUT2D eigenvalue weighted by molar-refractivity contribution is -0.384. The molecule has 3 aromatic rings. The van der Waals surface area contributed by atoms with Gasteiger partial charge < -0.3 is 9.52 Å². The molecule has 0 amide bonds. The van der Waals surface area contributed by atoms with Crippen LogP contribution in [0.5, 0.6) is 0 Å². The van der Waals surface area contributed by atoms with Crippen LogP contribution in [0.3, 0.4) is 0 Å². The molecule has 2 aromatic heterocycles. The zero-order valence-corrected chi connectivity index (χ0v) is 16.7. The van der Waals surface area contributed by atoms with Crippen molar-refractivity contribution in [3.8, 4) is 11.3 Å². The second kappa shape index (κ2) is 8.93. The molecule has 0 radical (unpaired) electrons. The van der Waals surface area contributed by atoms with Crippen LogP contribution in [0.4, 0.5) is 5.69 Å². The fourth-order valence-corrected chi connectivity index (χ4v) is 3.40. The van der Waals surface area contributed by atoms with Gasteiger partial charge in [-0.1, -0.05) is 18.5 Å². The third-order valence-corrected chi connectivity index (χ3v) is 4.93. The molecular formula is C18H15ClN4O5S. The van der Waals surface area contributed by atoms with E-state index in [4.69, 9.17) is 16.0 Å². The monoisotopic (exact) mass is 434 g/mol. The van der Waals surface area contributed by atoms with E-state index in [0.717, 1.165) is 24.6 Å². The number of hydrogen-bond donors (Lipinski definition) is 2. The van der Waals surface area contributed by atoms with E-state index in [-0.39, 0.29) is 21.4 Å². The number of furan rings is 1. The molecule has 3 rings (SSSR count). The summed E-state index contributed by atoms with van der Waals surface area (Å²) in [5.41, 5.74) is 0.323. The number of aromatic amines is 1. The summed E-state index contributed by atoms with van der Waals surface area (Å²) in [6.07, 6.45) is 2.96. The number of halogens is 1. The molecule has 0 unspecified atom stereocenters. The van der Waals surface area contributed by atoms with E-state index in [9.17, 15) is 20.0 Å². The Morgan fingerprint density at radius 2 is 2.21 bits per heavy atom. The maximum absolute atomic E-state index is 11.6. The topological polar surface area (TPSA) is 135 Å². The Morgan fingerprint density at radius 3 is 2.86 bits per heavy atom. The minimum Gasteiger partial charge on any atom is -0.477 e. The van der Waals surface area contributed by atoms with Crippen molar-refractivity contribution in [2.75, 3.05) is 0 Å². The summed E-state index contributed by atoms with van der Waals surface area (Å²) in [4.78, 5) is 26.1. The summed E-state index contributed by atoms with van der Waals surface area (Å²) >= 11 is 7.01. The van der Waals surface area contributed by atoms with Gasteiger partial charge in [0.15, 0.2) is 0 Å². The molecule has 0 bridgehead atoms. The lowest BCUT2D eigenvalue weighted by Crippen LogP contribution is -1.97. The van der Waals surface area contributed by atoms with Crippen molar-refractivity contribution in [3.05, 3.63) is 62.0 Å². The van der Waals surface area contributed by atoms with Gasteiger partial charge in [-0.05, 0) is 36.4 Å². The average molecular weight is 435 g/mol. The molecule has 11 heteroatoms. The number of carboxylic acids is 1. The van der Waals surface area contributed by atoms with Crippen molar-refractivity contribution in [3.63, 3.8) is 0 Å². The molecule has 2 N–H and O–H groups in total. The summed E-state index contributed by atoms with van der Waals surface area (Å²) in [6.45, 7) is 2.00. The quantitative estimate of drug-likeness (QED) is 0.223. The van der Waals surface area contributed by atoms with Crippen molar-refractivity contribution in [1.82, 2.24) is 15.2 Å². The Bertz CT molecular complexity index is 1090. The number of aliphatic carboxylic acids is 1. The van der Waals surface area contributed by atoms with Crippen LogP contribution in [0.2, 0.25) is 5.02 Å². The Kier molecular flexibility index (Phi) is 6.35. The van der Waals surface area contributed by atoms with Crippen LogP contribution < -0.4 is 0 Å². The van der Waals surface area contributed by atoms with Crippen LogP contribution in [0.15, 0.2) is 44.8 Å². The van der Waals surface area contributed by atoms with Crippen LogP contribution >= 0.6 is 23.4 Å². The maximum atomic E-state index is 11.6. The van der Waals surface area contributed by atoms with Crippen molar-refractivity contribution >= 4 is 41.1 Å². The van der Waals surface area contributed by atoms with Crippen LogP contribution in [0.1, 0.15) is 24.9 Å². The van der Waals surface area contributed by atoms with Crippen LogP contribution in [0.25, 0.3) is 17.4 Å². The normalized spacial score (nSPS) is 11.6. The number of carboxylic acid groups (broad SMARTS) is 1. The Morgan fingerprint density at radius 1 is 1.41 bits per heavy atom. The van der Waals surface area contributed by atoms with Crippen LogP contribution in [0, 0.1) is 10.1 Å². The first-order valence-electron chi connectivity index (χ1n) is 8.45. The number of nitro benzene ring substituents is 1. The number of H-pyrrole nitrogens is 1. The number of carbonyl (C=O) groups is 1. The van der Waals surface area contributed by atoms with Gasteiger partial charge >= 0.3 is 5.97 Å². The predicted molar refractivity (Wildman–Crippen MR) is 108 cm³/mol. The number of nitro groups is 1. The van der Waals surface area contributed by atoms with E-state index in [1.54, 1.807) is 12.1 Å². The summed E-state index contributed by atoms with van der Waals surface area (Å²) in [5, 5.41) is 27.5. The zero-order chi connectivity index (χ0) is 21.0. The van der Waals surface area contributed by atoms with Gasteiger partial charge in [0.2, 0.25) is 5.16 Å². The van der Waals surface area contributed by atoms with Crippen molar-refractivity contribution in [1.29, 1.82) is 0 Å². The van der Waals surface area contributed by atoms with Gasteiger partial charge in [0.25, 0.3) is 5.69 Å². The summed E-state index contributed by atoms with van der Waals surface area (Å²) in [5.74, 6) is 0.175. The first kappa shape index (κ1) is 20.6. The number of nitrogens with zero attached hydrogens (tertiary/aromatic N) is 3. The van der Waals surface area contributed by atoms with E-state index < -0.39 is 10.9 Å². The molecule has 0 aliphatic heterocycles. The highest BCUT2D eigenvalue weighted by atomic mass is 35.5. The molecule has 0 fully saturated rings. The van der Waals surface area contributed by atoms with Crippen molar-refractivity contribution in [2.45, 2.75) is 24.9 Å². The number of hydrogen-bond acceptors (Lipinski definition) is 7. The van der Waals surface area contributed by atoms with Gasteiger partial charge in [-0.2, -0.15) is 0 Å². The first-order valence-corrected chi connectivity index (χ1v) is 9.65. The Hall–Kier alpha value is -3.11. The molecular weight excluding hydrogens is 420 g/mol. The number of thioether (sulfide) groups is 1. The number of benzene rings is 1. The lowest BCUT2D eigenvalue weighted by Gasteiger charge is -2.01. The second-order valence-electron chi connectivity index (χ2n) is 5.85. The highest BCUT2D eigenvalue weighted by Crippen LogP contribution is 2.33. The number of nitrogens with one attached hydrogen (secondary N) is 1. The maximum Gasteiger partial charge on any atom is 0.342 e. The SMILES string of the molecule is CCCc1nc(S/C(=C\c2ccc(-c3ccc([N+](=O)[O-])cc3Cl)o2)C(=O)O)n[nH]1. The standard InChI is InChI=1S/C18H15ClN4O5S/c1-2-3-16-20-18(22-21-16)29-15(17(24)25)9-11-5-7-14(28-11)12-6-4-10(23(26)27)8-13(12)19/h4-9H,2-3H2,1H3,(H,24,25)(H,20,21,22)/b15-9-. The highest BCUT2D eigenvalue weighted by molar-refractivity contribution is 8.04. The largest absolute Gasteiger partial charge is 0.477 e. The van der Waals surface area contributed by atoms with E-state index in [1.165, 1.54) is 24.3 Å². The fraction of sp³-hybridized carbons (Fsp3) is 0.167. The number of aromatic nitrogens is 3. The van der Waals surface area contributed by atoms with Gasteiger partial charge in [0.1, 0.15) is 22.3 Å². The molecule has 9 nitrogen and oxygen atoms in total. The van der Waals surface area contributed by atoms with E-state index in [1.807, 2.05) is 6.92 Å². The summed E-state index contributed by atoms with van der Waals surface area (Å²) in [6, 6.07) is 7.20. The molecule has 2 heterocycles. The predicted octanol–water partition coefficient (Wildman–Crippen LogP) is 4.80. The fourth-order valence-electron chi connectivity index (χ4n) is 2.43. The van der Waals surface area contributed by atoms with E-state index >= 15 is 0 Å². The minimum atomic E-state index is -1.15. The van der Waals surface area contributed by atoms with Gasteiger partial charge in [-0.25, -0.2) is 9.78 Å². The summed E-state index contributed by atoms with van der Waals surface area (Å²) in [7, 11) is 0. The molecule has 0 saturated carbocycles. The Labute approximate surface area is 173 Å². The van der Waals surface area contributed by atoms with Crippen molar-refractivity contribution in [2.24, 2.45) is 0 Å². The smallest absolute Gasteiger partial charge is 0.342 e. The zero-order valence-electron chi connectivity index (χ0n) is 15.1. The molecule has 1 aromatic carbocycles. The van der Waals surface area contributed by atoms with Gasteiger partial charge in [-0.15, -0.1) is 5.10 Å². The molecule has 0 aliphatic carbocycles. The molecule has 0 saturated heterocycles. The number of aryl methyl sites for hydroxylation is 1. The minimum absolute atomic E-state index is 0.0252. The van der Waals surface area contributed by atoms with Crippen molar-refractivity contribution < 1.29 is 19.2 Å². The molecule has 0 aliphatic rings.